The highest BCUT2D eigenvalue weighted by Crippen LogP contribution is 2.33. The zero-order valence-electron chi connectivity index (χ0n) is 14.6. The van der Waals surface area contributed by atoms with Crippen LogP contribution in [0.4, 0.5) is 17.1 Å². The van der Waals surface area contributed by atoms with Crippen LogP contribution in [0.1, 0.15) is 16.8 Å². The number of hydrogen-bond acceptors (Lipinski definition) is 4. The average molecular weight is 339 g/mol. The molecule has 2 aromatic rings. The third-order valence-electron chi connectivity index (χ3n) is 4.15. The fourth-order valence-electron chi connectivity index (χ4n) is 2.66. The lowest BCUT2D eigenvalue weighted by atomic mass is 10.1. The van der Waals surface area contributed by atoms with Crippen LogP contribution in [0.3, 0.4) is 0 Å². The van der Waals surface area contributed by atoms with Crippen LogP contribution in [0.2, 0.25) is 0 Å². The van der Waals surface area contributed by atoms with Crippen molar-refractivity contribution in [2.75, 3.05) is 42.9 Å². The van der Waals surface area contributed by atoms with Crippen molar-refractivity contribution in [1.82, 2.24) is 0 Å². The molecule has 0 radical (unpaired) electrons. The Morgan fingerprint density at radius 2 is 2.00 bits per heavy atom. The van der Waals surface area contributed by atoms with Gasteiger partial charge in [-0.1, -0.05) is 6.07 Å². The van der Waals surface area contributed by atoms with E-state index in [0.717, 1.165) is 5.69 Å². The molecule has 1 aliphatic heterocycles. The highest BCUT2D eigenvalue weighted by atomic mass is 16.5. The predicted molar refractivity (Wildman–Crippen MR) is 98.7 cm³/mol. The molecule has 25 heavy (non-hydrogen) atoms. The molecule has 1 heterocycles. The Morgan fingerprint density at radius 3 is 2.76 bits per heavy atom. The number of fused-ring (bicyclic) bond motifs is 1. The van der Waals surface area contributed by atoms with Crippen molar-refractivity contribution in [2.24, 2.45) is 0 Å². The van der Waals surface area contributed by atoms with Crippen molar-refractivity contribution in [3.63, 3.8) is 0 Å². The zero-order chi connectivity index (χ0) is 18.0. The van der Waals surface area contributed by atoms with Gasteiger partial charge in [-0.25, -0.2) is 0 Å². The van der Waals surface area contributed by atoms with E-state index in [9.17, 15) is 9.59 Å². The van der Waals surface area contributed by atoms with Crippen LogP contribution in [0.25, 0.3) is 0 Å². The topological polar surface area (TPSA) is 61.9 Å². The zero-order valence-corrected chi connectivity index (χ0v) is 14.6. The summed E-state index contributed by atoms with van der Waals surface area (Å²) in [5.74, 6) is 0.425. The van der Waals surface area contributed by atoms with E-state index >= 15 is 0 Å². The molecule has 1 aliphatic rings. The Morgan fingerprint density at radius 1 is 1.20 bits per heavy atom. The molecule has 3 rings (SSSR count). The van der Waals surface area contributed by atoms with Crippen molar-refractivity contribution >= 4 is 28.9 Å². The fourth-order valence-corrected chi connectivity index (χ4v) is 2.66. The van der Waals surface area contributed by atoms with Crippen LogP contribution >= 0.6 is 0 Å². The number of ether oxygens (including phenoxy) is 1. The second kappa shape index (κ2) is 6.84. The Bertz CT molecular complexity index is 817. The number of rotatable bonds is 3. The first-order chi connectivity index (χ1) is 12.0. The largest absolute Gasteiger partial charge is 0.491 e. The molecule has 0 atom stereocenters. The average Bonchev–Trinajstić information content (AvgIpc) is 2.74. The molecule has 130 valence electrons. The molecule has 0 spiro atoms. The van der Waals surface area contributed by atoms with Gasteiger partial charge >= 0.3 is 0 Å². The number of carbonyl (C=O) groups is 2. The first-order valence-corrected chi connectivity index (χ1v) is 8.08. The number of nitrogens with one attached hydrogen (secondary N) is 1. The Labute approximate surface area is 147 Å². The van der Waals surface area contributed by atoms with Gasteiger partial charge < -0.3 is 19.9 Å². The summed E-state index contributed by atoms with van der Waals surface area (Å²) in [5.41, 5.74) is 2.79. The minimum Gasteiger partial charge on any atom is -0.491 e. The maximum atomic E-state index is 12.5. The minimum atomic E-state index is -0.202. The van der Waals surface area contributed by atoms with Crippen molar-refractivity contribution in [1.29, 1.82) is 0 Å². The van der Waals surface area contributed by atoms with Crippen molar-refractivity contribution < 1.29 is 14.3 Å². The molecule has 0 saturated heterocycles. The van der Waals surface area contributed by atoms with Gasteiger partial charge in [0, 0.05) is 38.1 Å². The van der Waals surface area contributed by atoms with Crippen LogP contribution in [0.15, 0.2) is 42.5 Å². The predicted octanol–water partition coefficient (Wildman–Crippen LogP) is 2.75. The first-order valence-electron chi connectivity index (χ1n) is 8.08. The molecule has 0 aliphatic carbocycles. The third kappa shape index (κ3) is 3.57. The van der Waals surface area contributed by atoms with Crippen LogP contribution in [0, 0.1) is 0 Å². The number of hydrogen-bond donors (Lipinski definition) is 1. The lowest BCUT2D eigenvalue weighted by Crippen LogP contribution is -2.25. The molecule has 0 saturated carbocycles. The molecule has 2 amide bonds. The van der Waals surface area contributed by atoms with Crippen molar-refractivity contribution in [3.8, 4) is 5.75 Å². The monoisotopic (exact) mass is 339 g/mol. The summed E-state index contributed by atoms with van der Waals surface area (Å²) in [4.78, 5) is 28.0. The summed E-state index contributed by atoms with van der Waals surface area (Å²) < 4.78 is 5.60. The summed E-state index contributed by atoms with van der Waals surface area (Å²) in [6, 6.07) is 12.7. The standard InChI is InChI=1S/C19H21N3O3/c1-21(2)15-6-4-5-13(11-15)19(24)20-14-7-8-17-16(12-14)22(3)18(23)9-10-25-17/h4-8,11-12H,9-10H2,1-3H3,(H,20,24). The molecule has 0 bridgehead atoms. The van der Waals surface area contributed by atoms with E-state index < -0.39 is 0 Å². The van der Waals surface area contributed by atoms with Gasteiger partial charge in [0.05, 0.1) is 18.7 Å². The number of benzene rings is 2. The molecule has 0 unspecified atom stereocenters. The summed E-state index contributed by atoms with van der Waals surface area (Å²) in [6.07, 6.45) is 0.338. The second-order valence-electron chi connectivity index (χ2n) is 6.13. The first kappa shape index (κ1) is 16.8. The lowest BCUT2D eigenvalue weighted by molar-refractivity contribution is -0.118. The summed E-state index contributed by atoms with van der Waals surface area (Å²) in [5, 5.41) is 2.88. The summed E-state index contributed by atoms with van der Waals surface area (Å²) in [7, 11) is 5.56. The number of nitrogens with zero attached hydrogens (tertiary/aromatic N) is 2. The van der Waals surface area contributed by atoms with E-state index in [4.69, 9.17) is 4.74 Å². The van der Waals surface area contributed by atoms with E-state index in [1.54, 1.807) is 36.2 Å². The SMILES string of the molecule is CN(C)c1cccc(C(=O)Nc2ccc3c(c2)N(C)C(=O)CCO3)c1. The van der Waals surface area contributed by atoms with E-state index in [1.807, 2.05) is 37.2 Å². The van der Waals surface area contributed by atoms with Gasteiger partial charge in [-0.3, -0.25) is 9.59 Å². The van der Waals surface area contributed by atoms with E-state index in [-0.39, 0.29) is 11.8 Å². The van der Waals surface area contributed by atoms with Gasteiger partial charge in [0.25, 0.3) is 5.91 Å². The minimum absolute atomic E-state index is 0.0130. The maximum absolute atomic E-state index is 12.5. The van der Waals surface area contributed by atoms with Gasteiger partial charge in [-0.15, -0.1) is 0 Å². The molecule has 6 nitrogen and oxygen atoms in total. The molecular weight excluding hydrogens is 318 g/mol. The van der Waals surface area contributed by atoms with E-state index in [2.05, 4.69) is 5.32 Å². The van der Waals surface area contributed by atoms with Gasteiger partial charge in [0.1, 0.15) is 5.75 Å². The molecule has 0 aromatic heterocycles. The van der Waals surface area contributed by atoms with E-state index in [0.29, 0.717) is 35.7 Å². The van der Waals surface area contributed by atoms with Crippen LogP contribution in [-0.4, -0.2) is 39.6 Å². The molecular formula is C19H21N3O3. The lowest BCUT2D eigenvalue weighted by Gasteiger charge is -2.18. The van der Waals surface area contributed by atoms with Gasteiger partial charge in [-0.05, 0) is 36.4 Å². The van der Waals surface area contributed by atoms with Crippen molar-refractivity contribution in [2.45, 2.75) is 6.42 Å². The molecule has 0 fully saturated rings. The smallest absolute Gasteiger partial charge is 0.255 e. The second-order valence-corrected chi connectivity index (χ2v) is 6.13. The van der Waals surface area contributed by atoms with Gasteiger partial charge in [-0.2, -0.15) is 0 Å². The fraction of sp³-hybridized carbons (Fsp3) is 0.263. The molecule has 2 aromatic carbocycles. The van der Waals surface area contributed by atoms with Crippen LogP contribution < -0.4 is 19.9 Å². The van der Waals surface area contributed by atoms with Crippen LogP contribution in [-0.2, 0) is 4.79 Å². The van der Waals surface area contributed by atoms with Gasteiger partial charge in [0.2, 0.25) is 5.91 Å². The quantitative estimate of drug-likeness (QED) is 0.934. The Kier molecular flexibility index (Phi) is 4.61. The van der Waals surface area contributed by atoms with Crippen LogP contribution in [0.5, 0.6) is 5.75 Å². The molecule has 1 N–H and O–H groups in total. The van der Waals surface area contributed by atoms with Gasteiger partial charge in [0.15, 0.2) is 0 Å². The number of carbonyl (C=O) groups excluding carboxylic acids is 2. The highest BCUT2D eigenvalue weighted by Gasteiger charge is 2.20. The molecule has 6 heteroatoms. The number of amides is 2. The Hall–Kier alpha value is -3.02. The highest BCUT2D eigenvalue weighted by molar-refractivity contribution is 6.05. The number of anilines is 3. The summed E-state index contributed by atoms with van der Waals surface area (Å²) in [6.45, 7) is 0.360. The van der Waals surface area contributed by atoms with Crippen molar-refractivity contribution in [3.05, 3.63) is 48.0 Å². The Balaban J connectivity index is 1.84. The third-order valence-corrected chi connectivity index (χ3v) is 4.15. The van der Waals surface area contributed by atoms with E-state index in [1.165, 1.54) is 0 Å². The maximum Gasteiger partial charge on any atom is 0.255 e. The summed E-state index contributed by atoms with van der Waals surface area (Å²) >= 11 is 0. The normalized spacial score (nSPS) is 13.6.